The Morgan fingerprint density at radius 2 is 1.07 bits per heavy atom. The van der Waals surface area contributed by atoms with Crippen molar-refractivity contribution < 1.29 is 9.47 Å². The van der Waals surface area contributed by atoms with Gasteiger partial charge in [0.1, 0.15) is 0 Å². The van der Waals surface area contributed by atoms with Crippen molar-refractivity contribution in [3.63, 3.8) is 0 Å². The zero-order valence-corrected chi connectivity index (χ0v) is 44.2. The maximum Gasteiger partial charge on any atom is 0.0624 e. The Morgan fingerprint density at radius 1 is 0.627 bits per heavy atom. The molecular weight excluding hydrogens is 739 g/mol. The Hall–Kier alpha value is -1.23. The molecule has 0 amide bonds. The first kappa shape index (κ1) is 57.8. The topological polar surface area (TPSA) is 21.7 Å². The van der Waals surface area contributed by atoms with E-state index < -0.39 is 0 Å². The molecule has 2 saturated heterocycles. The number of benzene rings is 1. The molecule has 9 unspecified atom stereocenters. The lowest BCUT2D eigenvalue weighted by Crippen LogP contribution is -2.30. The Labute approximate surface area is 375 Å². The standard InChI is InChI=1S/C15H19N.C12H20S.2C8H16O.4C3H8/c1-11-8-13-10-12(2)16(15(13)9-11)14-6-4-3-5-7-14;1-6-7(2)11-9(4)10(5)13-12(11)8(6)3;2*1-8(2,3)7-5-4-6-9-7;4*1-3-2/h3-7,10-11,13,15H,8-9H2,1-2H3;6-8,11-12H,1-5H3;2*7H,4-6H2,1-3H3;4*3H2,1-2H3/t;;7-;;;;;/m..1...../s1. The average Bonchev–Trinajstić information content (AvgIpc) is 4.02. The van der Waals surface area contributed by atoms with Crippen LogP contribution in [-0.2, 0) is 9.47 Å². The van der Waals surface area contributed by atoms with Crippen LogP contribution in [0.25, 0.3) is 0 Å². The summed E-state index contributed by atoms with van der Waals surface area (Å²) >= 11 is 2.14. The smallest absolute Gasteiger partial charge is 0.0624 e. The van der Waals surface area contributed by atoms with E-state index in [2.05, 4.69) is 198 Å². The number of hydrogen-bond acceptors (Lipinski definition) is 4. The third-order valence-electron chi connectivity index (χ3n) is 12.3. The molecule has 0 spiro atoms. The number of anilines is 1. The highest BCUT2D eigenvalue weighted by atomic mass is 32.2. The number of hydrogen-bond donors (Lipinski definition) is 0. The van der Waals surface area contributed by atoms with Gasteiger partial charge in [-0.2, -0.15) is 0 Å². The monoisotopic (exact) mass is 842 g/mol. The molecule has 4 aliphatic heterocycles. The van der Waals surface area contributed by atoms with E-state index in [1.54, 1.807) is 10.5 Å². The zero-order valence-electron chi connectivity index (χ0n) is 43.4. The summed E-state index contributed by atoms with van der Waals surface area (Å²) in [6, 6.07) is 11.5. The molecular formula is C55H103NO2S. The maximum absolute atomic E-state index is 5.52. The minimum Gasteiger partial charge on any atom is -0.378 e. The number of nitrogens with zero attached hydrogens (tertiary/aromatic N) is 1. The number of thioether (sulfide) groups is 1. The average molecular weight is 843 g/mol. The van der Waals surface area contributed by atoms with Crippen molar-refractivity contribution in [3.8, 4) is 0 Å². The lowest BCUT2D eigenvalue weighted by Gasteiger charge is -2.28. The quantitative estimate of drug-likeness (QED) is 0.281. The van der Waals surface area contributed by atoms with E-state index in [-0.39, 0.29) is 0 Å². The fraction of sp³-hybridized carbons (Fsp3) is 0.818. The first-order valence-electron chi connectivity index (χ1n) is 24.8. The minimum absolute atomic E-state index is 0.358. The molecule has 3 nitrogen and oxygen atoms in total. The number of para-hydroxylation sites is 1. The second-order valence-electron chi connectivity index (χ2n) is 20.8. The fourth-order valence-corrected chi connectivity index (χ4v) is 10.8. The summed E-state index contributed by atoms with van der Waals surface area (Å²) in [4.78, 5) is 4.13. The van der Waals surface area contributed by atoms with Gasteiger partial charge in [0.15, 0.2) is 0 Å². The van der Waals surface area contributed by atoms with Crippen LogP contribution in [0.1, 0.15) is 210 Å². The predicted octanol–water partition coefficient (Wildman–Crippen LogP) is 17.8. The van der Waals surface area contributed by atoms with Gasteiger partial charge in [-0.25, -0.2) is 0 Å². The molecule has 6 aliphatic rings. The third kappa shape index (κ3) is 19.8. The third-order valence-corrected chi connectivity index (χ3v) is 13.9. The van der Waals surface area contributed by atoms with E-state index in [0.29, 0.717) is 23.0 Å². The highest BCUT2D eigenvalue weighted by Crippen LogP contribution is 2.57. The molecule has 4 fully saturated rings. The molecule has 0 aromatic heterocycles. The van der Waals surface area contributed by atoms with Gasteiger partial charge in [0, 0.05) is 35.9 Å². The Bertz CT molecular complexity index is 1210. The van der Waals surface area contributed by atoms with E-state index in [1.165, 1.54) is 75.6 Å². The van der Waals surface area contributed by atoms with Gasteiger partial charge in [0.25, 0.3) is 0 Å². The van der Waals surface area contributed by atoms with Gasteiger partial charge in [-0.1, -0.05) is 180 Å². The Balaban J connectivity index is 0.000000711. The first-order chi connectivity index (χ1) is 27.7. The van der Waals surface area contributed by atoms with E-state index in [4.69, 9.17) is 9.47 Å². The van der Waals surface area contributed by atoms with E-state index >= 15 is 0 Å². The fourth-order valence-electron chi connectivity index (χ4n) is 9.02. The van der Waals surface area contributed by atoms with E-state index in [9.17, 15) is 0 Å². The van der Waals surface area contributed by atoms with Crippen LogP contribution in [0.4, 0.5) is 5.69 Å². The van der Waals surface area contributed by atoms with Crippen LogP contribution in [-0.4, -0.2) is 36.7 Å². The second-order valence-corrected chi connectivity index (χ2v) is 22.2. The van der Waals surface area contributed by atoms with Crippen molar-refractivity contribution in [1.29, 1.82) is 0 Å². The molecule has 0 bridgehead atoms. The number of fused-ring (bicyclic) bond motifs is 2. The van der Waals surface area contributed by atoms with Gasteiger partial charge in [-0.3, -0.25) is 0 Å². The SMILES string of the molecule is CC(C)(C)C1CCCO1.CC(C)(C)[C@H]1CCCO1.CC1=C(C)C2C(C)C(C)C(C)C2S1.CC1=CC2CC(C)CC2N1c1ccccc1.CCC.CCC.CCC.CCC. The van der Waals surface area contributed by atoms with Gasteiger partial charge in [-0.05, 0) is 123 Å². The second kappa shape index (κ2) is 30.0. The summed E-state index contributed by atoms with van der Waals surface area (Å²) in [5, 5.41) is 0.894. The van der Waals surface area contributed by atoms with Crippen LogP contribution in [0.2, 0.25) is 0 Å². The number of allylic oxidation sites excluding steroid dienone is 3. The van der Waals surface area contributed by atoms with Crippen LogP contribution >= 0.6 is 11.8 Å². The van der Waals surface area contributed by atoms with Crippen molar-refractivity contribution in [1.82, 2.24) is 0 Å². The lowest BCUT2D eigenvalue weighted by atomic mass is 9.87. The van der Waals surface area contributed by atoms with Crippen molar-refractivity contribution in [3.05, 3.63) is 52.6 Å². The predicted molar refractivity (Wildman–Crippen MR) is 270 cm³/mol. The molecule has 2 saturated carbocycles. The summed E-state index contributed by atoms with van der Waals surface area (Å²) in [6.45, 7) is 48.9. The van der Waals surface area contributed by atoms with Crippen molar-refractivity contribution in [2.45, 2.75) is 233 Å². The van der Waals surface area contributed by atoms with Gasteiger partial charge < -0.3 is 14.4 Å². The van der Waals surface area contributed by atoms with Crippen LogP contribution in [0.5, 0.6) is 0 Å². The summed E-state index contributed by atoms with van der Waals surface area (Å²) in [6.07, 6.45) is 16.2. The van der Waals surface area contributed by atoms with E-state index in [1.807, 2.05) is 0 Å². The van der Waals surface area contributed by atoms with Gasteiger partial charge in [0.2, 0.25) is 0 Å². The summed E-state index contributed by atoms with van der Waals surface area (Å²) in [5.41, 5.74) is 5.19. The Morgan fingerprint density at radius 3 is 1.42 bits per heavy atom. The summed E-state index contributed by atoms with van der Waals surface area (Å²) in [5.74, 6) is 5.25. The van der Waals surface area contributed by atoms with Crippen LogP contribution in [0.3, 0.4) is 0 Å². The molecule has 4 heteroatoms. The highest BCUT2D eigenvalue weighted by molar-refractivity contribution is 8.04. The van der Waals surface area contributed by atoms with E-state index in [0.717, 1.165) is 60.0 Å². The van der Waals surface area contributed by atoms with Gasteiger partial charge in [0.05, 0.1) is 12.2 Å². The molecule has 10 atom stereocenters. The highest BCUT2D eigenvalue weighted by Gasteiger charge is 2.48. The first-order valence-corrected chi connectivity index (χ1v) is 25.6. The molecule has 0 radical (unpaired) electrons. The summed E-state index contributed by atoms with van der Waals surface area (Å²) < 4.78 is 11.0. The van der Waals surface area contributed by atoms with Gasteiger partial charge in [-0.15, -0.1) is 11.8 Å². The van der Waals surface area contributed by atoms with Crippen molar-refractivity contribution in [2.75, 3.05) is 18.1 Å². The minimum atomic E-state index is 0.358. The van der Waals surface area contributed by atoms with Crippen LogP contribution < -0.4 is 4.90 Å². The van der Waals surface area contributed by atoms with Crippen LogP contribution in [0.15, 0.2) is 52.6 Å². The molecule has 7 rings (SSSR count). The van der Waals surface area contributed by atoms with Crippen LogP contribution in [0, 0.1) is 46.3 Å². The molecule has 2 aliphatic carbocycles. The molecule has 4 heterocycles. The number of rotatable bonds is 1. The normalized spacial score (nSPS) is 30.0. The largest absolute Gasteiger partial charge is 0.378 e. The van der Waals surface area contributed by atoms with Gasteiger partial charge >= 0.3 is 0 Å². The number of ether oxygens (including phenoxy) is 2. The lowest BCUT2D eigenvalue weighted by molar-refractivity contribution is 0.0290. The molecule has 346 valence electrons. The zero-order chi connectivity index (χ0) is 45.5. The maximum atomic E-state index is 5.52. The Kier molecular flexibility index (Phi) is 29.3. The van der Waals surface area contributed by atoms with Crippen molar-refractivity contribution in [2.24, 2.45) is 46.3 Å². The molecule has 1 aromatic rings. The summed E-state index contributed by atoms with van der Waals surface area (Å²) in [7, 11) is 0. The van der Waals surface area contributed by atoms with Crippen molar-refractivity contribution >= 4 is 17.4 Å². The molecule has 59 heavy (non-hydrogen) atoms. The molecule has 0 N–H and O–H groups in total. The molecule has 1 aromatic carbocycles.